The Kier molecular flexibility index (Phi) is 12.3. The molecule has 4 aliphatic rings. The van der Waals surface area contributed by atoms with Crippen molar-refractivity contribution in [3.8, 4) is 22.5 Å². The zero-order valence-corrected chi connectivity index (χ0v) is 37.5. The number of fused-ring (bicyclic) bond motifs is 3. The van der Waals surface area contributed by atoms with Crippen LogP contribution in [0, 0.1) is 17.3 Å². The van der Waals surface area contributed by atoms with Crippen LogP contribution in [0.25, 0.3) is 21.6 Å². The zero-order chi connectivity index (χ0) is 43.2. The number of nitrogens with zero attached hydrogens (tertiary/aromatic N) is 4. The summed E-state index contributed by atoms with van der Waals surface area (Å²) >= 11 is 1.45. The molecule has 2 amide bonds. The molecule has 60 heavy (non-hydrogen) atoms. The fourth-order valence-corrected chi connectivity index (χ4v) is 10.7. The number of imidazole rings is 1. The Hall–Kier alpha value is -4.31. The number of ether oxygens (including phenoxy) is 3. The van der Waals surface area contributed by atoms with Crippen molar-refractivity contribution in [2.45, 2.75) is 148 Å². The summed E-state index contributed by atoms with van der Waals surface area (Å²) in [6.45, 7) is 13.5. The molecule has 0 radical (unpaired) electrons. The molecule has 2 saturated carbocycles. The second-order valence-corrected chi connectivity index (χ2v) is 21.5. The quantitative estimate of drug-likeness (QED) is 0.151. The molecule has 0 spiro atoms. The van der Waals surface area contributed by atoms with E-state index in [4.69, 9.17) is 19.2 Å². The number of allylic oxidation sites excluding steroid dienone is 2. The van der Waals surface area contributed by atoms with Gasteiger partial charge in [-0.1, -0.05) is 31.1 Å². The van der Waals surface area contributed by atoms with Crippen LogP contribution in [0.1, 0.15) is 125 Å². The lowest BCUT2D eigenvalue weighted by Crippen LogP contribution is -2.47. The molecule has 1 aromatic carbocycles. The van der Waals surface area contributed by atoms with Gasteiger partial charge in [-0.2, -0.15) is 4.98 Å². The molecule has 14 nitrogen and oxygen atoms in total. The number of carbonyl (C=O) groups excluding carboxylic acids is 4. The van der Waals surface area contributed by atoms with Crippen LogP contribution >= 0.6 is 11.3 Å². The first kappa shape index (κ1) is 43.8. The van der Waals surface area contributed by atoms with Crippen molar-refractivity contribution in [1.82, 2.24) is 24.2 Å². The fourth-order valence-electron chi connectivity index (χ4n) is 8.60. The summed E-state index contributed by atoms with van der Waals surface area (Å²) in [6.07, 6.45) is 7.76. The van der Waals surface area contributed by atoms with E-state index in [-0.39, 0.29) is 49.5 Å². The first-order valence-electron chi connectivity index (χ1n) is 21.4. The third-order valence-electron chi connectivity index (χ3n) is 12.3. The highest BCUT2D eigenvalue weighted by molar-refractivity contribution is 7.91. The maximum atomic E-state index is 14.8. The van der Waals surface area contributed by atoms with E-state index in [1.54, 1.807) is 27.7 Å². The third-order valence-corrected chi connectivity index (χ3v) is 15.3. The number of rotatable bonds is 11. The van der Waals surface area contributed by atoms with Gasteiger partial charge in [0, 0.05) is 30.4 Å². The number of Topliss-reactive ketones (excluding diaryl/α,β-unsaturated/α-hetero) is 1. The molecule has 0 unspecified atom stereocenters. The first-order chi connectivity index (χ1) is 28.3. The number of amides is 2. The van der Waals surface area contributed by atoms with E-state index < -0.39 is 55.7 Å². The average molecular weight is 866 g/mol. The van der Waals surface area contributed by atoms with E-state index in [0.29, 0.717) is 56.1 Å². The topological polar surface area (TPSA) is 176 Å². The van der Waals surface area contributed by atoms with E-state index in [9.17, 15) is 27.6 Å². The molecule has 3 aromatic rings. The number of sulfonamides is 1. The Morgan fingerprint density at radius 3 is 2.57 bits per heavy atom. The van der Waals surface area contributed by atoms with Gasteiger partial charge in [0.15, 0.2) is 5.78 Å². The van der Waals surface area contributed by atoms with Gasteiger partial charge >= 0.3 is 5.97 Å². The zero-order valence-electron chi connectivity index (χ0n) is 35.8. The Morgan fingerprint density at radius 2 is 1.87 bits per heavy atom. The molecule has 1 N–H and O–H groups in total. The lowest BCUT2D eigenvalue weighted by atomic mass is 9.90. The minimum absolute atomic E-state index is 0.0493. The number of para-hydroxylation sites is 1. The summed E-state index contributed by atoms with van der Waals surface area (Å²) in [4.78, 5) is 68.0. The number of esters is 1. The van der Waals surface area contributed by atoms with E-state index in [0.717, 1.165) is 35.4 Å². The molecule has 16 heteroatoms. The molecule has 2 aliphatic heterocycles. The number of thiazole rings is 1. The summed E-state index contributed by atoms with van der Waals surface area (Å²) in [5, 5.41) is 2.60. The predicted molar refractivity (Wildman–Crippen MR) is 228 cm³/mol. The second kappa shape index (κ2) is 16.9. The maximum Gasteiger partial charge on any atom is 0.307 e. The number of aromatic nitrogens is 3. The SMILES string of the molecule is CCOc1csc(-c2cccc3c2nc(O[C@@H]2C[C@H]4C(=O)C[C@]5(C(=O)NS(=O)(=O)C6(C)CC6)C[C@@H]5/C=C\CCCCC[C@H](CC(=O)OC(C)(C)C)C(=O)N4C2)n3C(C)C)n1. The highest BCUT2D eigenvalue weighted by atomic mass is 32.2. The van der Waals surface area contributed by atoms with Crippen molar-refractivity contribution in [3.63, 3.8) is 0 Å². The first-order valence-corrected chi connectivity index (χ1v) is 23.8. The molecule has 326 valence electrons. The van der Waals surface area contributed by atoms with Crippen molar-refractivity contribution in [2.75, 3.05) is 13.2 Å². The van der Waals surface area contributed by atoms with Crippen molar-refractivity contribution in [2.24, 2.45) is 17.3 Å². The van der Waals surface area contributed by atoms with Crippen molar-refractivity contribution in [1.29, 1.82) is 0 Å². The smallest absolute Gasteiger partial charge is 0.307 e. The van der Waals surface area contributed by atoms with Crippen LogP contribution in [0.3, 0.4) is 0 Å². The van der Waals surface area contributed by atoms with Gasteiger partial charge in [-0.05, 0) is 105 Å². The van der Waals surface area contributed by atoms with Gasteiger partial charge < -0.3 is 19.1 Å². The summed E-state index contributed by atoms with van der Waals surface area (Å²) in [5.74, 6) is -2.40. The Bertz CT molecular complexity index is 2270. The molecule has 7 rings (SSSR count). The summed E-state index contributed by atoms with van der Waals surface area (Å²) in [5.41, 5.74) is 0.321. The van der Waals surface area contributed by atoms with Crippen LogP contribution in [0.5, 0.6) is 11.9 Å². The van der Waals surface area contributed by atoms with E-state index in [2.05, 4.69) is 9.71 Å². The van der Waals surface area contributed by atoms with Gasteiger partial charge in [0.2, 0.25) is 27.7 Å². The third kappa shape index (κ3) is 9.14. The molecule has 2 aliphatic carbocycles. The highest BCUT2D eigenvalue weighted by Gasteiger charge is 2.62. The van der Waals surface area contributed by atoms with Crippen LogP contribution in [-0.2, 0) is 33.9 Å². The molecule has 2 aromatic heterocycles. The normalized spacial score (nSPS) is 26.4. The second-order valence-electron chi connectivity index (χ2n) is 18.5. The molecule has 0 bridgehead atoms. The van der Waals surface area contributed by atoms with Crippen LogP contribution in [0.4, 0.5) is 0 Å². The number of nitrogens with one attached hydrogen (secondary N) is 1. The minimum atomic E-state index is -3.96. The van der Waals surface area contributed by atoms with Crippen LogP contribution in [0.15, 0.2) is 35.7 Å². The van der Waals surface area contributed by atoms with E-state index >= 15 is 0 Å². The number of ketones is 1. The van der Waals surface area contributed by atoms with Crippen LogP contribution in [-0.4, -0.2) is 87.1 Å². The summed E-state index contributed by atoms with van der Waals surface area (Å²) in [7, 11) is -3.96. The Labute approximate surface area is 356 Å². The van der Waals surface area contributed by atoms with Gasteiger partial charge in [-0.3, -0.25) is 28.5 Å². The predicted octanol–water partition coefficient (Wildman–Crippen LogP) is 7.32. The largest absolute Gasteiger partial charge is 0.477 e. The number of hydrogen-bond acceptors (Lipinski definition) is 12. The van der Waals surface area contributed by atoms with Gasteiger partial charge in [-0.25, -0.2) is 13.4 Å². The fraction of sp³-hybridized carbons (Fsp3) is 0.636. The lowest BCUT2D eigenvalue weighted by molar-refractivity contribution is -0.159. The molecule has 1 saturated heterocycles. The van der Waals surface area contributed by atoms with Gasteiger partial charge in [0.05, 0.1) is 46.7 Å². The standard InChI is InChI=1S/C44H59N5O9S2/c1-8-56-35-26-59-38(45-35)31-17-14-18-32-37(31)46-41(49(32)27(2)3)57-30-22-33-34(50)24-44(40(53)47-60(54,55)43(7)19-20-43)23-29(44)16-13-11-9-10-12-15-28(39(52)48(33)25-30)21-36(51)58-42(4,5)6/h13-14,16-18,26-30,33H,8-12,15,19-25H2,1-7H3,(H,47,53)/b16-13-/t28-,29+,30-,33+,44-/m1/s1. The van der Waals surface area contributed by atoms with E-state index in [1.807, 2.05) is 61.1 Å². The molecular weight excluding hydrogens is 807 g/mol. The average Bonchev–Trinajstić information content (AvgIpc) is 3.85. The van der Waals surface area contributed by atoms with Crippen molar-refractivity contribution >= 4 is 56.0 Å². The van der Waals surface area contributed by atoms with Gasteiger partial charge in [0.25, 0.3) is 6.01 Å². The lowest BCUT2D eigenvalue weighted by Gasteiger charge is -2.29. The molecule has 5 atom stereocenters. The van der Waals surface area contributed by atoms with Crippen molar-refractivity contribution in [3.05, 3.63) is 35.7 Å². The van der Waals surface area contributed by atoms with E-state index in [1.165, 1.54) is 16.2 Å². The number of benzene rings is 1. The minimum Gasteiger partial charge on any atom is -0.477 e. The van der Waals surface area contributed by atoms with Gasteiger partial charge in [-0.15, -0.1) is 11.3 Å². The van der Waals surface area contributed by atoms with Gasteiger partial charge in [0.1, 0.15) is 22.2 Å². The highest BCUT2D eigenvalue weighted by Crippen LogP contribution is 2.57. The van der Waals surface area contributed by atoms with Crippen LogP contribution < -0.4 is 14.2 Å². The molecular formula is C44H59N5O9S2. The number of carbonyl (C=O) groups is 4. The van der Waals surface area contributed by atoms with Crippen LogP contribution in [0.2, 0.25) is 0 Å². The monoisotopic (exact) mass is 865 g/mol. The maximum absolute atomic E-state index is 14.8. The summed E-state index contributed by atoms with van der Waals surface area (Å²) < 4.78 is 47.9. The Morgan fingerprint density at radius 1 is 1.10 bits per heavy atom. The molecule has 3 fully saturated rings. The van der Waals surface area contributed by atoms with Crippen molar-refractivity contribution < 1.29 is 41.8 Å². The Balaban J connectivity index is 1.22. The summed E-state index contributed by atoms with van der Waals surface area (Å²) in [6, 6.07) is 5.14. The molecule has 4 heterocycles. The number of hydrogen-bond donors (Lipinski definition) is 1.